The van der Waals surface area contributed by atoms with E-state index in [-0.39, 0.29) is 18.2 Å². The monoisotopic (exact) mass is 314 g/mol. The van der Waals surface area contributed by atoms with Crippen molar-refractivity contribution >= 4 is 12.4 Å². The molecule has 2 rings (SSSR count). The van der Waals surface area contributed by atoms with Crippen molar-refractivity contribution in [1.29, 1.82) is 0 Å². The van der Waals surface area contributed by atoms with Gasteiger partial charge >= 0.3 is 0 Å². The Morgan fingerprint density at radius 3 is 2.57 bits per heavy atom. The third kappa shape index (κ3) is 5.24. The summed E-state index contributed by atoms with van der Waals surface area (Å²) >= 11 is 0. The molecule has 1 fully saturated rings. The molecule has 1 N–H and O–H groups in total. The molecule has 1 aliphatic heterocycles. The molecule has 0 radical (unpaired) electrons. The van der Waals surface area contributed by atoms with Crippen molar-refractivity contribution in [2.75, 3.05) is 26.2 Å². The number of nitrogens with one attached hydrogen (secondary N) is 1. The third-order valence-electron chi connectivity index (χ3n) is 4.37. The Morgan fingerprint density at radius 1 is 1.24 bits per heavy atom. The predicted octanol–water partition coefficient (Wildman–Crippen LogP) is 3.63. The minimum atomic E-state index is -0.0425. The maximum Gasteiger partial charge on any atom is 0.127 e. The highest BCUT2D eigenvalue weighted by Gasteiger charge is 2.20. The van der Waals surface area contributed by atoms with Crippen molar-refractivity contribution in [3.63, 3.8) is 0 Å². The van der Waals surface area contributed by atoms with E-state index in [0.717, 1.165) is 56.2 Å². The molecule has 0 aromatic heterocycles. The topological polar surface area (TPSA) is 15.3 Å². The van der Waals surface area contributed by atoms with Gasteiger partial charge in [-0.2, -0.15) is 0 Å². The number of hydrogen-bond donors (Lipinski definition) is 1. The lowest BCUT2D eigenvalue weighted by Crippen LogP contribution is -2.37. The summed E-state index contributed by atoms with van der Waals surface area (Å²) in [5, 5.41) is 3.43. The van der Waals surface area contributed by atoms with Crippen molar-refractivity contribution in [3.8, 4) is 0 Å². The molecule has 1 heterocycles. The minimum Gasteiger partial charge on any atom is -0.317 e. The van der Waals surface area contributed by atoms with Gasteiger partial charge < -0.3 is 5.32 Å². The van der Waals surface area contributed by atoms with Crippen molar-refractivity contribution in [2.24, 2.45) is 5.92 Å². The van der Waals surface area contributed by atoms with Gasteiger partial charge in [0.25, 0.3) is 0 Å². The van der Waals surface area contributed by atoms with Crippen LogP contribution in [0.5, 0.6) is 0 Å². The fourth-order valence-electron chi connectivity index (χ4n) is 3.03. The molecule has 1 aromatic carbocycles. The van der Waals surface area contributed by atoms with Crippen LogP contribution in [0.25, 0.3) is 0 Å². The summed E-state index contributed by atoms with van der Waals surface area (Å²) in [5.41, 5.74) is 2.06. The maximum atomic E-state index is 14.0. The second-order valence-corrected chi connectivity index (χ2v) is 5.76. The van der Waals surface area contributed by atoms with Crippen LogP contribution in [-0.4, -0.2) is 31.1 Å². The Morgan fingerprint density at radius 2 is 1.95 bits per heavy atom. The Balaban J connectivity index is 0.00000220. The van der Waals surface area contributed by atoms with Gasteiger partial charge in [0.2, 0.25) is 0 Å². The predicted molar refractivity (Wildman–Crippen MR) is 89.6 cm³/mol. The molecule has 0 bridgehead atoms. The van der Waals surface area contributed by atoms with Crippen molar-refractivity contribution < 1.29 is 4.39 Å². The first-order valence-corrected chi connectivity index (χ1v) is 7.93. The summed E-state index contributed by atoms with van der Waals surface area (Å²) in [6.07, 6.45) is 3.36. The van der Waals surface area contributed by atoms with Crippen LogP contribution >= 0.6 is 12.4 Å². The number of benzene rings is 1. The van der Waals surface area contributed by atoms with Gasteiger partial charge in [-0.25, -0.2) is 4.39 Å². The van der Waals surface area contributed by atoms with Crippen LogP contribution in [0.3, 0.4) is 0 Å². The normalized spacial score (nSPS) is 16.7. The summed E-state index contributed by atoms with van der Waals surface area (Å²) < 4.78 is 14.0. The van der Waals surface area contributed by atoms with E-state index >= 15 is 0 Å². The molecule has 0 saturated carbocycles. The smallest absolute Gasteiger partial charge is 0.127 e. The molecular formula is C17H28ClFN2. The molecule has 0 atom stereocenters. The summed E-state index contributed by atoms with van der Waals surface area (Å²) in [6.45, 7) is 9.38. The van der Waals surface area contributed by atoms with Crippen LogP contribution in [0, 0.1) is 11.7 Å². The number of hydrogen-bond acceptors (Lipinski definition) is 2. The van der Waals surface area contributed by atoms with Crippen LogP contribution in [0.15, 0.2) is 18.2 Å². The summed E-state index contributed by atoms with van der Waals surface area (Å²) in [7, 11) is 0. The summed E-state index contributed by atoms with van der Waals surface area (Å²) in [6, 6.07) is 5.46. The first-order chi connectivity index (χ1) is 9.74. The fraction of sp³-hybridized carbons (Fsp3) is 0.647. The Kier molecular flexibility index (Phi) is 8.23. The second-order valence-electron chi connectivity index (χ2n) is 5.76. The van der Waals surface area contributed by atoms with Crippen LogP contribution < -0.4 is 5.32 Å². The van der Waals surface area contributed by atoms with Gasteiger partial charge in [0.15, 0.2) is 0 Å². The molecule has 1 aromatic rings. The first-order valence-electron chi connectivity index (χ1n) is 7.93. The van der Waals surface area contributed by atoms with Gasteiger partial charge in [-0.3, -0.25) is 4.90 Å². The summed E-state index contributed by atoms with van der Waals surface area (Å²) in [4.78, 5) is 2.40. The van der Waals surface area contributed by atoms with E-state index < -0.39 is 0 Å². The van der Waals surface area contributed by atoms with Gasteiger partial charge in [0, 0.05) is 12.1 Å². The highest BCUT2D eigenvalue weighted by Crippen LogP contribution is 2.21. The number of halogens is 2. The fourth-order valence-corrected chi connectivity index (χ4v) is 3.03. The molecule has 21 heavy (non-hydrogen) atoms. The van der Waals surface area contributed by atoms with Crippen molar-refractivity contribution in [1.82, 2.24) is 10.2 Å². The van der Waals surface area contributed by atoms with Gasteiger partial charge in [-0.15, -0.1) is 12.4 Å². The van der Waals surface area contributed by atoms with E-state index in [1.807, 2.05) is 6.07 Å². The molecule has 2 nitrogen and oxygen atoms in total. The number of likely N-dealkylation sites (tertiary alicyclic amines) is 1. The van der Waals surface area contributed by atoms with Crippen LogP contribution in [0.2, 0.25) is 0 Å². The average molecular weight is 315 g/mol. The number of aryl methyl sites for hydroxylation is 1. The lowest BCUT2D eigenvalue weighted by Gasteiger charge is -2.32. The third-order valence-corrected chi connectivity index (χ3v) is 4.37. The standard InChI is InChI=1S/C17H27FN2.ClH/c1-3-15-6-5-7-17(18)16(15)13-20-10-8-14(9-11-20)12-19-4-2;/h5-7,14,19H,3-4,8-13H2,1-2H3;1H. The zero-order chi connectivity index (χ0) is 14.4. The van der Waals surface area contributed by atoms with Crippen LogP contribution in [0.4, 0.5) is 4.39 Å². The average Bonchev–Trinajstić information content (AvgIpc) is 2.48. The quantitative estimate of drug-likeness (QED) is 0.862. The molecule has 1 aliphatic rings. The van der Waals surface area contributed by atoms with Crippen molar-refractivity contribution in [3.05, 3.63) is 35.1 Å². The molecule has 4 heteroatoms. The van der Waals surface area contributed by atoms with E-state index in [4.69, 9.17) is 0 Å². The second kappa shape index (κ2) is 9.39. The zero-order valence-corrected chi connectivity index (χ0v) is 14.0. The molecule has 0 unspecified atom stereocenters. The van der Waals surface area contributed by atoms with Crippen LogP contribution in [-0.2, 0) is 13.0 Å². The Hall–Kier alpha value is -0.640. The zero-order valence-electron chi connectivity index (χ0n) is 13.2. The molecule has 1 saturated heterocycles. The van der Waals surface area contributed by atoms with Gasteiger partial charge in [0.05, 0.1) is 0 Å². The largest absolute Gasteiger partial charge is 0.317 e. The highest BCUT2D eigenvalue weighted by atomic mass is 35.5. The minimum absolute atomic E-state index is 0. The SMILES string of the molecule is CCNCC1CCN(Cc2c(F)cccc2CC)CC1.Cl. The number of piperidine rings is 1. The van der Waals surface area contributed by atoms with Gasteiger partial charge in [0.1, 0.15) is 5.82 Å². The van der Waals surface area contributed by atoms with E-state index in [2.05, 4.69) is 30.1 Å². The van der Waals surface area contributed by atoms with E-state index in [1.165, 1.54) is 12.8 Å². The van der Waals surface area contributed by atoms with Gasteiger partial charge in [-0.05, 0) is 63.0 Å². The summed E-state index contributed by atoms with van der Waals surface area (Å²) in [5.74, 6) is 0.747. The van der Waals surface area contributed by atoms with E-state index in [0.29, 0.717) is 0 Å². The number of rotatable bonds is 6. The molecule has 0 spiro atoms. The Labute approximate surface area is 134 Å². The molecule has 0 aliphatic carbocycles. The van der Waals surface area contributed by atoms with Crippen LogP contribution in [0.1, 0.15) is 37.8 Å². The lowest BCUT2D eigenvalue weighted by atomic mass is 9.95. The Bertz CT molecular complexity index is 417. The van der Waals surface area contributed by atoms with E-state index in [1.54, 1.807) is 6.07 Å². The number of nitrogens with zero attached hydrogens (tertiary/aromatic N) is 1. The van der Waals surface area contributed by atoms with E-state index in [9.17, 15) is 4.39 Å². The van der Waals surface area contributed by atoms with Crippen molar-refractivity contribution in [2.45, 2.75) is 39.7 Å². The molecular weight excluding hydrogens is 287 g/mol. The maximum absolute atomic E-state index is 14.0. The first kappa shape index (κ1) is 18.4. The van der Waals surface area contributed by atoms with Gasteiger partial charge in [-0.1, -0.05) is 26.0 Å². The molecule has 120 valence electrons. The molecule has 0 amide bonds. The highest BCUT2D eigenvalue weighted by molar-refractivity contribution is 5.85. The lowest BCUT2D eigenvalue weighted by molar-refractivity contribution is 0.174.